The number of benzene rings is 1. The SMILES string of the molecule is O=C(Cn1nc2ccccn2c1=O)NCc1ccc(COCC(F)(F)F)cc1. The molecule has 2 heterocycles. The normalized spacial score (nSPS) is 11.7. The van der Waals surface area contributed by atoms with Crippen LogP contribution < -0.4 is 11.0 Å². The van der Waals surface area contributed by atoms with E-state index in [1.165, 1.54) is 4.40 Å². The first-order chi connectivity index (χ1) is 13.3. The Kier molecular flexibility index (Phi) is 5.78. The number of nitrogens with zero attached hydrogens (tertiary/aromatic N) is 3. The van der Waals surface area contributed by atoms with Crippen molar-refractivity contribution in [2.75, 3.05) is 6.61 Å². The minimum atomic E-state index is -4.35. The number of aromatic nitrogens is 3. The van der Waals surface area contributed by atoms with Gasteiger partial charge in [-0.25, -0.2) is 9.48 Å². The molecule has 0 spiro atoms. The summed E-state index contributed by atoms with van der Waals surface area (Å²) in [5.41, 5.74) is 1.39. The van der Waals surface area contributed by atoms with Gasteiger partial charge in [0.05, 0.1) is 6.61 Å². The molecule has 7 nitrogen and oxygen atoms in total. The molecule has 1 aromatic carbocycles. The van der Waals surface area contributed by atoms with Gasteiger partial charge in [0.25, 0.3) is 0 Å². The molecule has 1 N–H and O–H groups in total. The molecule has 3 rings (SSSR count). The van der Waals surface area contributed by atoms with E-state index in [1.54, 1.807) is 48.7 Å². The van der Waals surface area contributed by atoms with Crippen LogP contribution in [0, 0.1) is 0 Å². The minimum absolute atomic E-state index is 0.150. The summed E-state index contributed by atoms with van der Waals surface area (Å²) in [5.74, 6) is -0.386. The molecule has 0 fully saturated rings. The lowest BCUT2D eigenvalue weighted by Gasteiger charge is -2.09. The maximum Gasteiger partial charge on any atom is 0.411 e. The van der Waals surface area contributed by atoms with Crippen molar-refractivity contribution in [2.24, 2.45) is 0 Å². The van der Waals surface area contributed by atoms with Gasteiger partial charge in [-0.2, -0.15) is 13.2 Å². The van der Waals surface area contributed by atoms with Crippen LogP contribution in [0.2, 0.25) is 0 Å². The van der Waals surface area contributed by atoms with Gasteiger partial charge in [0.15, 0.2) is 5.65 Å². The van der Waals surface area contributed by atoms with Gasteiger partial charge in [-0.15, -0.1) is 5.10 Å². The van der Waals surface area contributed by atoms with Crippen molar-refractivity contribution in [1.82, 2.24) is 19.5 Å². The Balaban J connectivity index is 1.50. The molecule has 1 amide bonds. The van der Waals surface area contributed by atoms with E-state index in [-0.39, 0.29) is 25.6 Å². The number of nitrogens with one attached hydrogen (secondary N) is 1. The molecule has 10 heteroatoms. The highest BCUT2D eigenvalue weighted by Gasteiger charge is 2.27. The average molecular weight is 394 g/mol. The molecule has 0 aliphatic rings. The molecule has 0 unspecified atom stereocenters. The predicted octanol–water partition coefficient (Wildman–Crippen LogP) is 1.89. The number of carbonyl (C=O) groups is 1. The van der Waals surface area contributed by atoms with Crippen molar-refractivity contribution < 1.29 is 22.7 Å². The smallest absolute Gasteiger partial charge is 0.367 e. The zero-order chi connectivity index (χ0) is 20.1. The van der Waals surface area contributed by atoms with Gasteiger partial charge in [0.2, 0.25) is 5.91 Å². The highest BCUT2D eigenvalue weighted by Crippen LogP contribution is 2.15. The second-order valence-corrected chi connectivity index (χ2v) is 6.07. The molecule has 0 aliphatic heterocycles. The van der Waals surface area contributed by atoms with Crippen molar-refractivity contribution >= 4 is 11.6 Å². The van der Waals surface area contributed by atoms with E-state index in [4.69, 9.17) is 0 Å². The maximum atomic E-state index is 12.1. The second-order valence-electron chi connectivity index (χ2n) is 6.07. The number of carbonyl (C=O) groups excluding carboxylic acids is 1. The van der Waals surface area contributed by atoms with Crippen LogP contribution in [0.5, 0.6) is 0 Å². The Morgan fingerprint density at radius 1 is 1.11 bits per heavy atom. The number of hydrogen-bond donors (Lipinski definition) is 1. The Labute approximate surface area is 157 Å². The predicted molar refractivity (Wildman–Crippen MR) is 93.5 cm³/mol. The van der Waals surface area contributed by atoms with Crippen molar-refractivity contribution in [3.8, 4) is 0 Å². The summed E-state index contributed by atoms with van der Waals surface area (Å²) in [6.07, 6.45) is -2.79. The van der Waals surface area contributed by atoms with Crippen LogP contribution in [-0.2, 0) is 29.2 Å². The van der Waals surface area contributed by atoms with Crippen LogP contribution >= 0.6 is 0 Å². The average Bonchev–Trinajstić information content (AvgIpc) is 2.96. The number of hydrogen-bond acceptors (Lipinski definition) is 4. The van der Waals surface area contributed by atoms with E-state index in [2.05, 4.69) is 15.2 Å². The summed E-state index contributed by atoms with van der Waals surface area (Å²) < 4.78 is 43.1. The summed E-state index contributed by atoms with van der Waals surface area (Å²) in [6, 6.07) is 11.7. The Bertz CT molecular complexity index is 1010. The van der Waals surface area contributed by atoms with Gasteiger partial charge in [-0.1, -0.05) is 30.3 Å². The van der Waals surface area contributed by atoms with Crippen molar-refractivity contribution in [2.45, 2.75) is 25.9 Å². The molecule has 0 saturated carbocycles. The lowest BCUT2D eigenvalue weighted by atomic mass is 10.1. The monoisotopic (exact) mass is 394 g/mol. The lowest BCUT2D eigenvalue weighted by molar-refractivity contribution is -0.176. The van der Waals surface area contributed by atoms with Gasteiger partial charge in [0, 0.05) is 12.7 Å². The molecule has 3 aromatic rings. The summed E-state index contributed by atoms with van der Waals surface area (Å²) in [5, 5.41) is 6.75. The zero-order valence-electron chi connectivity index (χ0n) is 14.6. The number of fused-ring (bicyclic) bond motifs is 1. The standard InChI is InChI=1S/C18H17F3N4O3/c19-18(20,21)12-28-11-14-6-4-13(5-7-14)9-22-16(26)10-25-17(27)24-8-2-1-3-15(24)23-25/h1-8H,9-12H2,(H,22,26). The van der Waals surface area contributed by atoms with Crippen LogP contribution in [-0.4, -0.2) is 32.9 Å². The lowest BCUT2D eigenvalue weighted by Crippen LogP contribution is -2.32. The van der Waals surface area contributed by atoms with E-state index in [0.717, 1.165) is 10.2 Å². The summed E-state index contributed by atoms with van der Waals surface area (Å²) in [4.78, 5) is 24.2. The molecule has 0 radical (unpaired) electrons. The molecule has 0 bridgehead atoms. The fourth-order valence-corrected chi connectivity index (χ4v) is 2.50. The van der Waals surface area contributed by atoms with Crippen LogP contribution in [0.3, 0.4) is 0 Å². The highest BCUT2D eigenvalue weighted by atomic mass is 19.4. The van der Waals surface area contributed by atoms with Crippen molar-refractivity contribution in [3.05, 3.63) is 70.3 Å². The van der Waals surface area contributed by atoms with E-state index in [1.807, 2.05) is 0 Å². The first-order valence-electron chi connectivity index (χ1n) is 8.35. The molecule has 28 heavy (non-hydrogen) atoms. The largest absolute Gasteiger partial charge is 0.411 e. The maximum absolute atomic E-state index is 12.1. The number of alkyl halides is 3. The fraction of sp³-hybridized carbons (Fsp3) is 0.278. The Morgan fingerprint density at radius 3 is 2.50 bits per heavy atom. The van der Waals surface area contributed by atoms with Gasteiger partial charge in [-0.05, 0) is 23.3 Å². The molecular formula is C18H17F3N4O3. The van der Waals surface area contributed by atoms with E-state index < -0.39 is 18.5 Å². The number of pyridine rings is 1. The van der Waals surface area contributed by atoms with Crippen molar-refractivity contribution in [1.29, 1.82) is 0 Å². The van der Waals surface area contributed by atoms with E-state index in [0.29, 0.717) is 11.2 Å². The Morgan fingerprint density at radius 2 is 1.82 bits per heavy atom. The van der Waals surface area contributed by atoms with Gasteiger partial charge in [-0.3, -0.25) is 9.20 Å². The zero-order valence-corrected chi connectivity index (χ0v) is 14.6. The molecule has 148 valence electrons. The number of amides is 1. The minimum Gasteiger partial charge on any atom is -0.367 e. The topological polar surface area (TPSA) is 77.6 Å². The number of rotatable bonds is 7. The first-order valence-corrected chi connectivity index (χ1v) is 8.35. The third kappa shape index (κ3) is 5.19. The quantitative estimate of drug-likeness (QED) is 0.664. The van der Waals surface area contributed by atoms with Crippen molar-refractivity contribution in [3.63, 3.8) is 0 Å². The molecule has 2 aromatic heterocycles. The van der Waals surface area contributed by atoms with Gasteiger partial charge < -0.3 is 10.1 Å². The van der Waals surface area contributed by atoms with Crippen LogP contribution in [0.15, 0.2) is 53.5 Å². The number of ether oxygens (including phenoxy) is 1. The molecule has 0 saturated heterocycles. The summed E-state index contributed by atoms with van der Waals surface area (Å²) in [7, 11) is 0. The summed E-state index contributed by atoms with van der Waals surface area (Å²) >= 11 is 0. The van der Waals surface area contributed by atoms with Crippen LogP contribution in [0.1, 0.15) is 11.1 Å². The van der Waals surface area contributed by atoms with Gasteiger partial charge in [0.1, 0.15) is 13.2 Å². The molecular weight excluding hydrogens is 377 g/mol. The van der Waals surface area contributed by atoms with Gasteiger partial charge >= 0.3 is 11.9 Å². The first kappa shape index (κ1) is 19.6. The highest BCUT2D eigenvalue weighted by molar-refractivity contribution is 5.75. The van der Waals surface area contributed by atoms with E-state index >= 15 is 0 Å². The summed E-state index contributed by atoms with van der Waals surface area (Å²) in [6.45, 7) is -1.45. The third-order valence-corrected chi connectivity index (χ3v) is 3.83. The fourth-order valence-electron chi connectivity index (χ4n) is 2.50. The van der Waals surface area contributed by atoms with Crippen LogP contribution in [0.25, 0.3) is 5.65 Å². The van der Waals surface area contributed by atoms with Crippen LogP contribution in [0.4, 0.5) is 13.2 Å². The Hall–Kier alpha value is -3.14. The third-order valence-electron chi connectivity index (χ3n) is 3.83. The number of halogens is 3. The molecule has 0 aliphatic carbocycles. The second kappa shape index (κ2) is 8.26. The van der Waals surface area contributed by atoms with E-state index in [9.17, 15) is 22.8 Å². The molecule has 0 atom stereocenters.